The summed E-state index contributed by atoms with van der Waals surface area (Å²) >= 11 is 0. The maximum Gasteiger partial charge on any atom is 0.317 e. The number of fused-ring (bicyclic) bond motifs is 1. The summed E-state index contributed by atoms with van der Waals surface area (Å²) in [6, 6.07) is 5.51. The van der Waals surface area contributed by atoms with E-state index in [9.17, 15) is 9.59 Å². The summed E-state index contributed by atoms with van der Waals surface area (Å²) in [5.74, 6) is 0.00399. The van der Waals surface area contributed by atoms with Gasteiger partial charge in [0.1, 0.15) is 0 Å². The number of rotatable bonds is 2. The Kier molecular flexibility index (Phi) is 5.06. The lowest BCUT2D eigenvalue weighted by atomic mass is 10.0. The zero-order valence-corrected chi connectivity index (χ0v) is 15.7. The Morgan fingerprint density at radius 1 is 1.08 bits per heavy atom. The smallest absolute Gasteiger partial charge is 0.317 e. The third kappa shape index (κ3) is 3.76. The van der Waals surface area contributed by atoms with Gasteiger partial charge < -0.3 is 15.1 Å². The van der Waals surface area contributed by atoms with Crippen LogP contribution < -0.4 is 5.32 Å². The number of piperidine rings is 1. The third-order valence-corrected chi connectivity index (χ3v) is 4.84. The van der Waals surface area contributed by atoms with Crippen LogP contribution in [-0.4, -0.2) is 64.9 Å². The molecule has 2 heterocycles. The minimum atomic E-state index is -0.0893. The van der Waals surface area contributed by atoms with Crippen LogP contribution in [0.3, 0.4) is 0 Å². The predicted molar refractivity (Wildman–Crippen MR) is 100 cm³/mol. The van der Waals surface area contributed by atoms with Crippen molar-refractivity contribution in [3.8, 4) is 0 Å². The molecule has 0 aliphatic carbocycles. The maximum atomic E-state index is 12.8. The van der Waals surface area contributed by atoms with Crippen molar-refractivity contribution in [2.45, 2.75) is 32.7 Å². The molecule has 3 rings (SSSR count). The monoisotopic (exact) mass is 355 g/mol. The molecular formula is C19H25N5O2. The molecule has 0 bridgehead atoms. The molecule has 0 saturated carbocycles. The SMILES string of the molecule is Cc1nc2ccc(C(=O)N3CCC(NC(=O)N(C)C)CC3)cc2nc1C. The van der Waals surface area contributed by atoms with Gasteiger partial charge in [-0.1, -0.05) is 0 Å². The van der Waals surface area contributed by atoms with E-state index in [0.717, 1.165) is 35.3 Å². The molecule has 3 amide bonds. The van der Waals surface area contributed by atoms with Gasteiger partial charge in [-0.15, -0.1) is 0 Å². The average molecular weight is 355 g/mol. The molecule has 0 unspecified atom stereocenters. The lowest BCUT2D eigenvalue weighted by Gasteiger charge is -2.33. The van der Waals surface area contributed by atoms with E-state index in [2.05, 4.69) is 15.3 Å². The molecule has 1 N–H and O–H groups in total. The summed E-state index contributed by atoms with van der Waals surface area (Å²) in [6.45, 7) is 5.12. The van der Waals surface area contributed by atoms with E-state index in [1.165, 1.54) is 4.90 Å². The lowest BCUT2D eigenvalue weighted by molar-refractivity contribution is 0.0707. The molecule has 26 heavy (non-hydrogen) atoms. The summed E-state index contributed by atoms with van der Waals surface area (Å²) in [4.78, 5) is 37.0. The Labute approximate surface area is 153 Å². The van der Waals surface area contributed by atoms with Crippen molar-refractivity contribution in [3.05, 3.63) is 35.2 Å². The molecule has 0 atom stereocenters. The molecule has 1 aromatic heterocycles. The number of amides is 3. The molecule has 138 valence electrons. The number of benzene rings is 1. The highest BCUT2D eigenvalue weighted by Crippen LogP contribution is 2.18. The Bertz CT molecular complexity index is 841. The van der Waals surface area contributed by atoms with Crippen LogP contribution >= 0.6 is 0 Å². The quantitative estimate of drug-likeness (QED) is 0.895. The molecule has 0 spiro atoms. The average Bonchev–Trinajstić information content (AvgIpc) is 2.62. The molecule has 2 aromatic rings. The highest BCUT2D eigenvalue weighted by molar-refractivity contribution is 5.97. The Morgan fingerprint density at radius 3 is 2.31 bits per heavy atom. The molecule has 1 aromatic carbocycles. The predicted octanol–water partition coefficient (Wildman–Crippen LogP) is 2.12. The second kappa shape index (κ2) is 7.27. The maximum absolute atomic E-state index is 12.8. The van der Waals surface area contributed by atoms with Crippen LogP contribution in [-0.2, 0) is 0 Å². The van der Waals surface area contributed by atoms with Gasteiger partial charge in [0, 0.05) is 38.8 Å². The Balaban J connectivity index is 1.68. The number of aromatic nitrogens is 2. The number of nitrogens with one attached hydrogen (secondary N) is 1. The number of hydrogen-bond donors (Lipinski definition) is 1. The molecule has 1 fully saturated rings. The molecular weight excluding hydrogens is 330 g/mol. The van der Waals surface area contributed by atoms with Crippen LogP contribution in [0.15, 0.2) is 18.2 Å². The largest absolute Gasteiger partial charge is 0.338 e. The normalized spacial score (nSPS) is 15.2. The van der Waals surface area contributed by atoms with Crippen LogP contribution in [0.2, 0.25) is 0 Å². The number of carbonyl (C=O) groups excluding carboxylic acids is 2. The number of aryl methyl sites for hydroxylation is 2. The first kappa shape index (κ1) is 18.1. The highest BCUT2D eigenvalue weighted by Gasteiger charge is 2.25. The van der Waals surface area contributed by atoms with E-state index < -0.39 is 0 Å². The summed E-state index contributed by atoms with van der Waals surface area (Å²) in [7, 11) is 3.44. The molecule has 7 heteroatoms. The van der Waals surface area contributed by atoms with Gasteiger partial charge in [-0.2, -0.15) is 0 Å². The standard InChI is InChI=1S/C19H25N5O2/c1-12-13(2)21-17-11-14(5-6-16(17)20-12)18(25)24-9-7-15(8-10-24)22-19(26)23(3)4/h5-6,11,15H,7-10H2,1-4H3,(H,22,26). The molecule has 7 nitrogen and oxygen atoms in total. The van der Waals surface area contributed by atoms with E-state index >= 15 is 0 Å². The molecule has 1 aliphatic rings. The number of hydrogen-bond acceptors (Lipinski definition) is 4. The van der Waals surface area contributed by atoms with Gasteiger partial charge in [0.05, 0.1) is 22.4 Å². The Morgan fingerprint density at radius 2 is 1.69 bits per heavy atom. The van der Waals surface area contributed by atoms with Gasteiger partial charge in [0.2, 0.25) is 0 Å². The highest BCUT2D eigenvalue weighted by atomic mass is 16.2. The summed E-state index contributed by atoms with van der Waals surface area (Å²) in [5.41, 5.74) is 3.95. The van der Waals surface area contributed by atoms with E-state index in [0.29, 0.717) is 18.7 Å². The number of nitrogens with zero attached hydrogens (tertiary/aromatic N) is 4. The minimum absolute atomic E-state index is 0.00399. The van der Waals surface area contributed by atoms with Crippen molar-refractivity contribution in [1.29, 1.82) is 0 Å². The van der Waals surface area contributed by atoms with Crippen LogP contribution in [0.25, 0.3) is 11.0 Å². The number of urea groups is 1. The first-order valence-electron chi connectivity index (χ1n) is 8.87. The van der Waals surface area contributed by atoms with Crippen LogP contribution in [0.5, 0.6) is 0 Å². The minimum Gasteiger partial charge on any atom is -0.338 e. The molecule has 1 saturated heterocycles. The summed E-state index contributed by atoms with van der Waals surface area (Å²) < 4.78 is 0. The molecule has 1 aliphatic heterocycles. The third-order valence-electron chi connectivity index (χ3n) is 4.84. The van der Waals surface area contributed by atoms with E-state index in [4.69, 9.17) is 0 Å². The first-order chi connectivity index (χ1) is 12.3. The van der Waals surface area contributed by atoms with Gasteiger partial charge in [-0.25, -0.2) is 14.8 Å². The fourth-order valence-electron chi connectivity index (χ4n) is 3.08. The number of carbonyl (C=O) groups is 2. The number of likely N-dealkylation sites (tertiary alicyclic amines) is 1. The van der Waals surface area contributed by atoms with E-state index in [1.807, 2.05) is 36.9 Å². The first-order valence-corrected chi connectivity index (χ1v) is 8.87. The van der Waals surface area contributed by atoms with Crippen LogP contribution in [0.4, 0.5) is 4.79 Å². The second-order valence-corrected chi connectivity index (χ2v) is 7.01. The van der Waals surface area contributed by atoms with Crippen molar-refractivity contribution >= 4 is 23.0 Å². The van der Waals surface area contributed by atoms with Crippen LogP contribution in [0, 0.1) is 13.8 Å². The van der Waals surface area contributed by atoms with E-state index in [-0.39, 0.29) is 18.0 Å². The summed E-state index contributed by atoms with van der Waals surface area (Å²) in [6.07, 6.45) is 1.52. The topological polar surface area (TPSA) is 78.4 Å². The van der Waals surface area contributed by atoms with Crippen molar-refractivity contribution < 1.29 is 9.59 Å². The van der Waals surface area contributed by atoms with Gasteiger partial charge in [0.15, 0.2) is 0 Å². The van der Waals surface area contributed by atoms with Crippen molar-refractivity contribution in [2.24, 2.45) is 0 Å². The van der Waals surface area contributed by atoms with Gasteiger partial charge in [-0.3, -0.25) is 4.79 Å². The van der Waals surface area contributed by atoms with Crippen molar-refractivity contribution in [2.75, 3.05) is 27.2 Å². The zero-order chi connectivity index (χ0) is 18.8. The zero-order valence-electron chi connectivity index (χ0n) is 15.7. The van der Waals surface area contributed by atoms with Gasteiger partial charge >= 0.3 is 6.03 Å². The van der Waals surface area contributed by atoms with Crippen molar-refractivity contribution in [1.82, 2.24) is 25.1 Å². The molecule has 0 radical (unpaired) electrons. The van der Waals surface area contributed by atoms with E-state index in [1.54, 1.807) is 14.1 Å². The fraction of sp³-hybridized carbons (Fsp3) is 0.474. The second-order valence-electron chi connectivity index (χ2n) is 7.01. The summed E-state index contributed by atoms with van der Waals surface area (Å²) in [5, 5.41) is 2.98. The van der Waals surface area contributed by atoms with Crippen LogP contribution in [0.1, 0.15) is 34.6 Å². The Hall–Kier alpha value is -2.70. The lowest BCUT2D eigenvalue weighted by Crippen LogP contribution is -2.48. The fourth-order valence-corrected chi connectivity index (χ4v) is 3.08. The van der Waals surface area contributed by atoms with Crippen molar-refractivity contribution in [3.63, 3.8) is 0 Å². The van der Waals surface area contributed by atoms with Gasteiger partial charge in [0.25, 0.3) is 5.91 Å². The van der Waals surface area contributed by atoms with Gasteiger partial charge in [-0.05, 0) is 44.9 Å².